The Hall–Kier alpha value is -3.43. The van der Waals surface area contributed by atoms with Crippen LogP contribution in [0.5, 0.6) is 0 Å². The summed E-state index contributed by atoms with van der Waals surface area (Å²) < 4.78 is 41.1. The van der Waals surface area contributed by atoms with Gasteiger partial charge in [-0.15, -0.1) is 0 Å². The number of H-pyrrole nitrogens is 1. The first-order valence-corrected chi connectivity index (χ1v) is 9.15. The van der Waals surface area contributed by atoms with Crippen LogP contribution in [0.4, 0.5) is 13.2 Å². The van der Waals surface area contributed by atoms with E-state index in [0.29, 0.717) is 27.6 Å². The van der Waals surface area contributed by atoms with Gasteiger partial charge >= 0.3 is 6.18 Å². The van der Waals surface area contributed by atoms with Gasteiger partial charge in [-0.2, -0.15) is 18.3 Å². The maximum Gasteiger partial charge on any atom is 0.416 e. The number of alkyl halides is 3. The van der Waals surface area contributed by atoms with Crippen LogP contribution in [0, 0.1) is 0 Å². The molecule has 1 aromatic carbocycles. The second-order valence-corrected chi connectivity index (χ2v) is 8.06. The molecule has 0 spiro atoms. The predicted octanol–water partition coefficient (Wildman–Crippen LogP) is 4.06. The molecule has 3 aromatic heterocycles. The summed E-state index contributed by atoms with van der Waals surface area (Å²) in [5.41, 5.74) is 0.856. The average Bonchev–Trinajstić information content (AvgIpc) is 3.20. The normalized spacial score (nSPS) is 12.6. The lowest BCUT2D eigenvalue weighted by Crippen LogP contribution is -2.40. The third-order valence-corrected chi connectivity index (χ3v) is 4.53. The number of hydrogen-bond donors (Lipinski definition) is 2. The van der Waals surface area contributed by atoms with Crippen molar-refractivity contribution in [1.82, 2.24) is 30.0 Å². The Labute approximate surface area is 169 Å². The summed E-state index contributed by atoms with van der Waals surface area (Å²) in [6, 6.07) is 3.44. The Balaban J connectivity index is 1.87. The van der Waals surface area contributed by atoms with E-state index in [-0.39, 0.29) is 17.3 Å². The van der Waals surface area contributed by atoms with Gasteiger partial charge in [0.1, 0.15) is 16.9 Å². The molecular weight excluding hydrogens is 397 g/mol. The van der Waals surface area contributed by atoms with Crippen LogP contribution in [0.1, 0.15) is 36.7 Å². The highest BCUT2D eigenvalue weighted by Gasteiger charge is 2.31. The molecule has 30 heavy (non-hydrogen) atoms. The smallest absolute Gasteiger partial charge is 0.347 e. The first kappa shape index (κ1) is 19.9. The van der Waals surface area contributed by atoms with Crippen LogP contribution in [0.15, 0.2) is 30.6 Å². The van der Waals surface area contributed by atoms with Crippen molar-refractivity contribution < 1.29 is 18.0 Å². The van der Waals surface area contributed by atoms with Crippen molar-refractivity contribution in [3.63, 3.8) is 0 Å². The second-order valence-electron chi connectivity index (χ2n) is 8.06. The minimum absolute atomic E-state index is 0.261. The molecule has 1 amide bonds. The van der Waals surface area contributed by atoms with Crippen molar-refractivity contribution in [2.24, 2.45) is 7.05 Å². The van der Waals surface area contributed by atoms with Crippen LogP contribution in [-0.2, 0) is 13.2 Å². The van der Waals surface area contributed by atoms with Gasteiger partial charge in [-0.25, -0.2) is 9.97 Å². The fourth-order valence-electron chi connectivity index (χ4n) is 3.22. The maximum atomic E-state index is 13.2. The highest BCUT2D eigenvalue weighted by molar-refractivity contribution is 6.05. The number of halogens is 3. The number of nitrogens with one attached hydrogen (secondary N) is 2. The minimum atomic E-state index is -4.48. The van der Waals surface area contributed by atoms with Gasteiger partial charge in [0.05, 0.1) is 22.8 Å². The molecule has 0 unspecified atom stereocenters. The summed E-state index contributed by atoms with van der Waals surface area (Å²) in [6.45, 7) is 5.57. The van der Waals surface area contributed by atoms with Gasteiger partial charge in [-0.1, -0.05) is 0 Å². The molecule has 0 fully saturated rings. The molecule has 0 bridgehead atoms. The van der Waals surface area contributed by atoms with Gasteiger partial charge in [-0.05, 0) is 39.0 Å². The number of fused-ring (bicyclic) bond motifs is 2. The molecule has 0 aliphatic heterocycles. The Morgan fingerprint density at radius 1 is 1.20 bits per heavy atom. The monoisotopic (exact) mass is 416 g/mol. The zero-order valence-corrected chi connectivity index (χ0v) is 16.7. The van der Waals surface area contributed by atoms with E-state index in [0.717, 1.165) is 12.1 Å². The lowest BCUT2D eigenvalue weighted by Gasteiger charge is -2.19. The van der Waals surface area contributed by atoms with Gasteiger partial charge in [0, 0.05) is 24.2 Å². The summed E-state index contributed by atoms with van der Waals surface area (Å²) in [6.07, 6.45) is -1.55. The fourth-order valence-corrected chi connectivity index (χ4v) is 3.22. The van der Waals surface area contributed by atoms with Crippen molar-refractivity contribution in [2.75, 3.05) is 0 Å². The van der Waals surface area contributed by atoms with E-state index < -0.39 is 17.3 Å². The standard InChI is InChI=1S/C20H19F3N6O/c1-19(2,3)27-18(30)12-8-24-17-16(12)26-13(9-25-17)15-11-7-10(20(21,22)23)5-6-14(11)29(4)28-15/h5-9H,1-4H3,(H,24,25)(H,27,30). The van der Waals surface area contributed by atoms with E-state index in [9.17, 15) is 18.0 Å². The Morgan fingerprint density at radius 3 is 2.60 bits per heavy atom. The number of aromatic nitrogens is 5. The lowest BCUT2D eigenvalue weighted by molar-refractivity contribution is -0.137. The molecule has 4 rings (SSSR count). The summed E-state index contributed by atoms with van der Waals surface area (Å²) in [4.78, 5) is 24.3. The Kier molecular flexibility index (Phi) is 4.33. The second kappa shape index (κ2) is 6.54. The van der Waals surface area contributed by atoms with E-state index in [1.807, 2.05) is 20.8 Å². The van der Waals surface area contributed by atoms with Crippen LogP contribution in [0.2, 0.25) is 0 Å². The van der Waals surface area contributed by atoms with Crippen LogP contribution in [0.3, 0.4) is 0 Å². The topological polar surface area (TPSA) is 88.5 Å². The Bertz CT molecular complexity index is 1280. The zero-order chi connectivity index (χ0) is 21.8. The van der Waals surface area contributed by atoms with E-state index in [4.69, 9.17) is 0 Å². The number of benzene rings is 1. The van der Waals surface area contributed by atoms with Crippen molar-refractivity contribution in [3.8, 4) is 11.4 Å². The third-order valence-electron chi connectivity index (χ3n) is 4.53. The number of carbonyl (C=O) groups is 1. The number of aromatic amines is 1. The largest absolute Gasteiger partial charge is 0.416 e. The van der Waals surface area contributed by atoms with Crippen LogP contribution < -0.4 is 5.32 Å². The molecule has 4 aromatic rings. The molecule has 0 radical (unpaired) electrons. The molecule has 156 valence electrons. The van der Waals surface area contributed by atoms with Gasteiger partial charge in [-0.3, -0.25) is 9.48 Å². The highest BCUT2D eigenvalue weighted by atomic mass is 19.4. The van der Waals surface area contributed by atoms with Gasteiger partial charge in [0.2, 0.25) is 0 Å². The van der Waals surface area contributed by atoms with Crippen molar-refractivity contribution in [2.45, 2.75) is 32.5 Å². The quantitative estimate of drug-likeness (QED) is 0.516. The number of aryl methyl sites for hydroxylation is 1. The van der Waals surface area contributed by atoms with E-state index in [1.165, 1.54) is 23.1 Å². The molecule has 10 heteroatoms. The number of carbonyl (C=O) groups excluding carboxylic acids is 1. The number of rotatable bonds is 2. The summed E-state index contributed by atoms with van der Waals surface area (Å²) >= 11 is 0. The SMILES string of the molecule is Cn1nc(-c2cnc3[nH]cc(C(=O)NC(C)(C)C)c3n2)c2cc(C(F)(F)F)ccc21. The molecule has 0 atom stereocenters. The zero-order valence-electron chi connectivity index (χ0n) is 16.7. The van der Waals surface area contributed by atoms with Gasteiger partial charge in [0.15, 0.2) is 5.65 Å². The van der Waals surface area contributed by atoms with E-state index >= 15 is 0 Å². The van der Waals surface area contributed by atoms with Crippen molar-refractivity contribution in [1.29, 1.82) is 0 Å². The van der Waals surface area contributed by atoms with Crippen molar-refractivity contribution in [3.05, 3.63) is 41.7 Å². The summed E-state index contributed by atoms with van der Waals surface area (Å²) in [7, 11) is 1.64. The van der Waals surface area contributed by atoms with Crippen molar-refractivity contribution >= 4 is 28.0 Å². The van der Waals surface area contributed by atoms with E-state index in [1.54, 1.807) is 7.05 Å². The molecular formula is C20H19F3N6O. The van der Waals surface area contributed by atoms with Gasteiger partial charge < -0.3 is 10.3 Å². The van der Waals surface area contributed by atoms with Crippen LogP contribution in [-0.4, -0.2) is 36.2 Å². The number of hydrogen-bond acceptors (Lipinski definition) is 4. The Morgan fingerprint density at radius 2 is 1.93 bits per heavy atom. The van der Waals surface area contributed by atoms with Crippen LogP contribution >= 0.6 is 0 Å². The molecule has 0 saturated carbocycles. The molecule has 2 N–H and O–H groups in total. The first-order valence-electron chi connectivity index (χ1n) is 9.15. The third kappa shape index (κ3) is 3.49. The molecule has 0 aliphatic rings. The number of amides is 1. The van der Waals surface area contributed by atoms with Crippen LogP contribution in [0.25, 0.3) is 33.5 Å². The van der Waals surface area contributed by atoms with E-state index in [2.05, 4.69) is 25.4 Å². The van der Waals surface area contributed by atoms with Gasteiger partial charge in [0.25, 0.3) is 5.91 Å². The molecule has 7 nitrogen and oxygen atoms in total. The fraction of sp³-hybridized carbons (Fsp3) is 0.300. The molecule has 3 heterocycles. The lowest BCUT2D eigenvalue weighted by atomic mass is 10.1. The average molecular weight is 416 g/mol. The minimum Gasteiger partial charge on any atom is -0.347 e. The molecule has 0 saturated heterocycles. The maximum absolute atomic E-state index is 13.2. The highest BCUT2D eigenvalue weighted by Crippen LogP contribution is 2.34. The summed E-state index contributed by atoms with van der Waals surface area (Å²) in [5.74, 6) is -0.328. The summed E-state index contributed by atoms with van der Waals surface area (Å²) in [5, 5.41) is 7.51. The predicted molar refractivity (Wildman–Crippen MR) is 106 cm³/mol. The number of nitrogens with zero attached hydrogens (tertiary/aromatic N) is 4. The first-order chi connectivity index (χ1) is 13.9. The molecule has 0 aliphatic carbocycles.